The van der Waals surface area contributed by atoms with Crippen LogP contribution in [0.5, 0.6) is 0 Å². The summed E-state index contributed by atoms with van der Waals surface area (Å²) in [7, 11) is 0. The Balaban J connectivity index is 1.82. The smallest absolute Gasteiger partial charge is 0.273 e. The van der Waals surface area contributed by atoms with Gasteiger partial charge in [0, 0.05) is 13.0 Å². The number of piperidine rings is 1. The molecule has 7 heteroatoms. The third-order valence-electron chi connectivity index (χ3n) is 3.36. The maximum absolute atomic E-state index is 11.9. The Bertz CT molecular complexity index is 565. The van der Waals surface area contributed by atoms with Crippen LogP contribution in [-0.4, -0.2) is 35.7 Å². The van der Waals surface area contributed by atoms with Crippen molar-refractivity contribution in [3.8, 4) is 0 Å². The molecule has 0 radical (unpaired) electrons. The number of hydrogen-bond acceptors (Lipinski definition) is 4. The number of nitrogens with zero attached hydrogens (tertiary/aromatic N) is 1. The molecule has 0 unspecified atom stereocenters. The Kier molecular flexibility index (Phi) is 4.62. The van der Waals surface area contributed by atoms with Crippen LogP contribution in [0.4, 0.5) is 0 Å². The zero-order chi connectivity index (χ0) is 15.4. The third-order valence-corrected chi connectivity index (χ3v) is 3.36. The Morgan fingerprint density at radius 1 is 1.29 bits per heavy atom. The van der Waals surface area contributed by atoms with Crippen LogP contribution in [0.1, 0.15) is 41.1 Å². The van der Waals surface area contributed by atoms with Gasteiger partial charge in [-0.05, 0) is 32.8 Å². The molecule has 1 aromatic heterocycles. The van der Waals surface area contributed by atoms with E-state index in [1.165, 1.54) is 4.90 Å². The molecule has 0 aliphatic carbocycles. The van der Waals surface area contributed by atoms with Crippen LogP contribution < -0.4 is 10.9 Å². The number of carbonyl (C=O) groups is 3. The Labute approximate surface area is 122 Å². The van der Waals surface area contributed by atoms with Gasteiger partial charge in [0.05, 0.1) is 5.56 Å². The zero-order valence-electron chi connectivity index (χ0n) is 12.2. The molecule has 3 amide bonds. The summed E-state index contributed by atoms with van der Waals surface area (Å²) in [4.78, 5) is 36.7. The van der Waals surface area contributed by atoms with Gasteiger partial charge < -0.3 is 9.32 Å². The topological polar surface area (TPSA) is 91.7 Å². The minimum atomic E-state index is -0.442. The minimum Gasteiger partial charge on any atom is -0.466 e. The summed E-state index contributed by atoms with van der Waals surface area (Å²) in [6.07, 6.45) is 2.25. The number of furan rings is 1. The number of carbonyl (C=O) groups excluding carboxylic acids is 3. The van der Waals surface area contributed by atoms with E-state index in [1.807, 2.05) is 0 Å². The van der Waals surface area contributed by atoms with Crippen molar-refractivity contribution in [3.63, 3.8) is 0 Å². The summed E-state index contributed by atoms with van der Waals surface area (Å²) in [5, 5.41) is 0. The van der Waals surface area contributed by atoms with E-state index in [2.05, 4.69) is 10.9 Å². The second-order valence-corrected chi connectivity index (χ2v) is 5.10. The van der Waals surface area contributed by atoms with E-state index in [1.54, 1.807) is 19.9 Å². The second kappa shape index (κ2) is 6.43. The molecule has 0 bridgehead atoms. The molecule has 2 heterocycles. The number of nitrogens with one attached hydrogen (secondary N) is 2. The molecule has 1 aromatic rings. The monoisotopic (exact) mass is 293 g/mol. The molecule has 0 spiro atoms. The third kappa shape index (κ3) is 3.84. The zero-order valence-corrected chi connectivity index (χ0v) is 12.2. The van der Waals surface area contributed by atoms with Crippen LogP contribution in [-0.2, 0) is 9.59 Å². The van der Waals surface area contributed by atoms with E-state index in [0.717, 1.165) is 12.8 Å². The lowest BCUT2D eigenvalue weighted by atomic mass is 10.1. The molecule has 1 saturated heterocycles. The molecule has 1 fully saturated rings. The largest absolute Gasteiger partial charge is 0.466 e. The summed E-state index contributed by atoms with van der Waals surface area (Å²) in [5.74, 6) is 0.233. The number of likely N-dealkylation sites (tertiary alicyclic amines) is 1. The van der Waals surface area contributed by atoms with Crippen molar-refractivity contribution in [3.05, 3.63) is 23.2 Å². The maximum atomic E-state index is 11.9. The van der Waals surface area contributed by atoms with Gasteiger partial charge in [-0.2, -0.15) is 0 Å². The second-order valence-electron chi connectivity index (χ2n) is 5.10. The number of rotatable bonds is 3. The molecule has 1 aliphatic rings. The molecule has 1 aliphatic heterocycles. The lowest BCUT2D eigenvalue weighted by Gasteiger charge is -2.25. The van der Waals surface area contributed by atoms with Gasteiger partial charge in [-0.25, -0.2) is 0 Å². The fraction of sp³-hybridized carbons (Fsp3) is 0.500. The summed E-state index contributed by atoms with van der Waals surface area (Å²) in [5.41, 5.74) is 5.01. The Morgan fingerprint density at radius 2 is 2.05 bits per heavy atom. The fourth-order valence-corrected chi connectivity index (χ4v) is 2.29. The lowest BCUT2D eigenvalue weighted by molar-refractivity contribution is -0.138. The van der Waals surface area contributed by atoms with Crippen LogP contribution in [0.25, 0.3) is 0 Å². The summed E-state index contributed by atoms with van der Waals surface area (Å²) >= 11 is 0. The first-order valence-electron chi connectivity index (χ1n) is 6.91. The molecule has 0 saturated carbocycles. The van der Waals surface area contributed by atoms with Crippen LogP contribution in [0.2, 0.25) is 0 Å². The first-order valence-corrected chi connectivity index (χ1v) is 6.91. The van der Waals surface area contributed by atoms with Gasteiger partial charge in [-0.15, -0.1) is 0 Å². The quantitative estimate of drug-likeness (QED) is 0.801. The van der Waals surface area contributed by atoms with E-state index in [-0.39, 0.29) is 12.5 Å². The molecule has 0 aromatic carbocycles. The van der Waals surface area contributed by atoms with Crippen molar-refractivity contribution in [2.45, 2.75) is 33.1 Å². The fourth-order valence-electron chi connectivity index (χ4n) is 2.29. The predicted molar refractivity (Wildman–Crippen MR) is 74.2 cm³/mol. The normalized spacial score (nSPS) is 15.0. The van der Waals surface area contributed by atoms with Crippen molar-refractivity contribution >= 4 is 17.7 Å². The van der Waals surface area contributed by atoms with Crippen molar-refractivity contribution in [2.75, 3.05) is 13.1 Å². The lowest BCUT2D eigenvalue weighted by Crippen LogP contribution is -2.48. The van der Waals surface area contributed by atoms with Gasteiger partial charge in [0.1, 0.15) is 18.1 Å². The Morgan fingerprint density at radius 3 is 2.67 bits per heavy atom. The minimum absolute atomic E-state index is 0.0240. The maximum Gasteiger partial charge on any atom is 0.273 e. The summed E-state index contributed by atoms with van der Waals surface area (Å²) in [6, 6.07) is 1.60. The van der Waals surface area contributed by atoms with Crippen molar-refractivity contribution < 1.29 is 18.8 Å². The number of amides is 3. The molecule has 2 N–H and O–H groups in total. The summed E-state index contributed by atoms with van der Waals surface area (Å²) < 4.78 is 5.25. The highest BCUT2D eigenvalue weighted by molar-refractivity contribution is 5.96. The average Bonchev–Trinajstić information content (AvgIpc) is 2.78. The van der Waals surface area contributed by atoms with Gasteiger partial charge in [-0.1, -0.05) is 0 Å². The van der Waals surface area contributed by atoms with Crippen LogP contribution >= 0.6 is 0 Å². The number of aryl methyl sites for hydroxylation is 2. The first-order chi connectivity index (χ1) is 9.97. The highest BCUT2D eigenvalue weighted by Gasteiger charge is 2.21. The van der Waals surface area contributed by atoms with Crippen molar-refractivity contribution in [1.29, 1.82) is 0 Å². The number of hydrazine groups is 1. The molecular formula is C14H19N3O4. The van der Waals surface area contributed by atoms with E-state index < -0.39 is 11.8 Å². The highest BCUT2D eigenvalue weighted by Crippen LogP contribution is 2.13. The molecular weight excluding hydrogens is 274 g/mol. The highest BCUT2D eigenvalue weighted by atomic mass is 16.3. The van der Waals surface area contributed by atoms with E-state index >= 15 is 0 Å². The van der Waals surface area contributed by atoms with Gasteiger partial charge in [-0.3, -0.25) is 25.2 Å². The van der Waals surface area contributed by atoms with Gasteiger partial charge >= 0.3 is 0 Å². The van der Waals surface area contributed by atoms with Crippen LogP contribution in [0.3, 0.4) is 0 Å². The van der Waals surface area contributed by atoms with E-state index in [4.69, 9.17) is 4.42 Å². The van der Waals surface area contributed by atoms with E-state index in [0.29, 0.717) is 30.0 Å². The molecule has 7 nitrogen and oxygen atoms in total. The molecule has 2 rings (SSSR count). The number of hydrogen-bond donors (Lipinski definition) is 2. The van der Waals surface area contributed by atoms with Crippen molar-refractivity contribution in [2.24, 2.45) is 0 Å². The van der Waals surface area contributed by atoms with Crippen LogP contribution in [0.15, 0.2) is 10.5 Å². The molecule has 114 valence electrons. The van der Waals surface area contributed by atoms with Crippen LogP contribution in [0, 0.1) is 13.8 Å². The van der Waals surface area contributed by atoms with Crippen molar-refractivity contribution in [1.82, 2.24) is 15.8 Å². The average molecular weight is 293 g/mol. The van der Waals surface area contributed by atoms with Gasteiger partial charge in [0.15, 0.2) is 0 Å². The summed E-state index contributed by atoms with van der Waals surface area (Å²) in [6.45, 7) is 3.96. The first kappa shape index (κ1) is 15.1. The SMILES string of the molecule is Cc1cc(C(=O)NNC(=O)CN2CCCCC2=O)c(C)o1. The Hall–Kier alpha value is -2.31. The van der Waals surface area contributed by atoms with Gasteiger partial charge in [0.2, 0.25) is 5.91 Å². The van der Waals surface area contributed by atoms with Gasteiger partial charge in [0.25, 0.3) is 11.8 Å². The standard InChI is InChI=1S/C14H19N3O4/c1-9-7-11(10(2)21-9)14(20)16-15-12(18)8-17-6-4-3-5-13(17)19/h7H,3-6,8H2,1-2H3,(H,15,18)(H,16,20). The molecule has 0 atom stereocenters. The van der Waals surface area contributed by atoms with E-state index in [9.17, 15) is 14.4 Å². The molecule has 21 heavy (non-hydrogen) atoms. The predicted octanol–water partition coefficient (Wildman–Crippen LogP) is 0.670.